The predicted molar refractivity (Wildman–Crippen MR) is 70.4 cm³/mol. The van der Waals surface area contributed by atoms with Gasteiger partial charge < -0.3 is 4.74 Å². The lowest BCUT2D eigenvalue weighted by molar-refractivity contribution is 0.237. The second-order valence-electron chi connectivity index (χ2n) is 4.94. The molecule has 0 aromatic heterocycles. The fourth-order valence-corrected chi connectivity index (χ4v) is 1.98. The molecule has 0 aliphatic carbocycles. The predicted octanol–water partition coefficient (Wildman–Crippen LogP) is 4.47. The van der Waals surface area contributed by atoms with Gasteiger partial charge in [0.15, 0.2) is 0 Å². The number of ether oxygens (including phenoxy) is 1. The molecule has 0 atom stereocenters. The van der Waals surface area contributed by atoms with Gasteiger partial charge in [0.05, 0.1) is 6.10 Å². The molecule has 0 amide bonds. The van der Waals surface area contributed by atoms with Gasteiger partial charge in [-0.1, -0.05) is 32.9 Å². The summed E-state index contributed by atoms with van der Waals surface area (Å²) >= 11 is 0. The third-order valence-electron chi connectivity index (χ3n) is 2.90. The third-order valence-corrected chi connectivity index (χ3v) is 2.90. The van der Waals surface area contributed by atoms with Crippen LogP contribution in [0.5, 0.6) is 5.75 Å². The fourth-order valence-electron chi connectivity index (χ4n) is 1.98. The average molecular weight is 220 g/mol. The van der Waals surface area contributed by atoms with Gasteiger partial charge in [-0.2, -0.15) is 0 Å². The first kappa shape index (κ1) is 13.1. The van der Waals surface area contributed by atoms with Crippen molar-refractivity contribution < 1.29 is 4.74 Å². The van der Waals surface area contributed by atoms with Crippen molar-refractivity contribution in [3.63, 3.8) is 0 Å². The second-order valence-corrected chi connectivity index (χ2v) is 4.94. The van der Waals surface area contributed by atoms with Crippen molar-refractivity contribution in [1.82, 2.24) is 0 Å². The van der Waals surface area contributed by atoms with Crippen LogP contribution in [0.25, 0.3) is 0 Å². The van der Waals surface area contributed by atoms with Gasteiger partial charge in [0.25, 0.3) is 0 Å². The molecular formula is C15H24O. The van der Waals surface area contributed by atoms with Gasteiger partial charge in [0.1, 0.15) is 5.75 Å². The normalized spacial score (nSPS) is 11.2. The van der Waals surface area contributed by atoms with Crippen LogP contribution in [0.4, 0.5) is 0 Å². The van der Waals surface area contributed by atoms with Crippen LogP contribution in [0.3, 0.4) is 0 Å². The molecule has 0 N–H and O–H groups in total. The summed E-state index contributed by atoms with van der Waals surface area (Å²) in [6, 6.07) is 4.45. The summed E-state index contributed by atoms with van der Waals surface area (Å²) < 4.78 is 5.98. The molecule has 0 spiro atoms. The highest BCUT2D eigenvalue weighted by atomic mass is 16.5. The first-order valence-electron chi connectivity index (χ1n) is 6.26. The molecule has 16 heavy (non-hydrogen) atoms. The van der Waals surface area contributed by atoms with E-state index in [9.17, 15) is 0 Å². The van der Waals surface area contributed by atoms with Crippen molar-refractivity contribution in [2.24, 2.45) is 0 Å². The zero-order chi connectivity index (χ0) is 12.3. The fraction of sp³-hybridized carbons (Fsp3) is 0.600. The van der Waals surface area contributed by atoms with Crippen molar-refractivity contribution in [1.29, 1.82) is 0 Å². The van der Waals surface area contributed by atoms with E-state index in [-0.39, 0.29) is 6.10 Å². The van der Waals surface area contributed by atoms with Gasteiger partial charge in [-0.3, -0.25) is 0 Å². The summed E-state index contributed by atoms with van der Waals surface area (Å²) in [5, 5.41) is 0. The first-order valence-corrected chi connectivity index (χ1v) is 6.26. The van der Waals surface area contributed by atoms with Crippen LogP contribution in [0.1, 0.15) is 57.2 Å². The van der Waals surface area contributed by atoms with Gasteiger partial charge >= 0.3 is 0 Å². The Morgan fingerprint density at radius 1 is 1.12 bits per heavy atom. The zero-order valence-corrected chi connectivity index (χ0v) is 11.4. The first-order chi connectivity index (χ1) is 7.47. The monoisotopic (exact) mass is 220 g/mol. The van der Waals surface area contributed by atoms with E-state index < -0.39 is 0 Å². The van der Waals surface area contributed by atoms with Gasteiger partial charge in [-0.25, -0.2) is 0 Å². The summed E-state index contributed by atoms with van der Waals surface area (Å²) in [6.45, 7) is 13.0. The maximum absolute atomic E-state index is 5.98. The Balaban J connectivity index is 3.25. The summed E-state index contributed by atoms with van der Waals surface area (Å²) in [5.41, 5.74) is 4.02. The van der Waals surface area contributed by atoms with Gasteiger partial charge in [0, 0.05) is 0 Å². The summed E-state index contributed by atoms with van der Waals surface area (Å²) in [6.07, 6.45) is 1.31. The zero-order valence-electron chi connectivity index (χ0n) is 11.4. The highest BCUT2D eigenvalue weighted by Crippen LogP contribution is 2.33. The van der Waals surface area contributed by atoms with Gasteiger partial charge in [-0.15, -0.1) is 0 Å². The molecule has 0 heterocycles. The number of aryl methyl sites for hydroxylation is 1. The largest absolute Gasteiger partial charge is 0.490 e. The minimum absolute atomic E-state index is 0.239. The molecule has 0 unspecified atom stereocenters. The van der Waals surface area contributed by atoms with Crippen molar-refractivity contribution >= 4 is 0 Å². The summed E-state index contributed by atoms with van der Waals surface area (Å²) in [5.74, 6) is 1.61. The molecule has 0 aliphatic rings. The summed E-state index contributed by atoms with van der Waals surface area (Å²) in [4.78, 5) is 0. The van der Waals surface area contributed by atoms with E-state index in [0.717, 1.165) is 12.2 Å². The maximum Gasteiger partial charge on any atom is 0.126 e. The molecular weight excluding hydrogens is 196 g/mol. The highest BCUT2D eigenvalue weighted by molar-refractivity contribution is 5.47. The lowest BCUT2D eigenvalue weighted by Crippen LogP contribution is -2.10. The number of rotatable bonds is 4. The number of benzene rings is 1. The van der Waals surface area contributed by atoms with Crippen LogP contribution in [0.2, 0.25) is 0 Å². The topological polar surface area (TPSA) is 9.23 Å². The van der Waals surface area contributed by atoms with Gasteiger partial charge in [-0.05, 0) is 49.8 Å². The van der Waals surface area contributed by atoms with Crippen LogP contribution in [-0.4, -0.2) is 6.10 Å². The van der Waals surface area contributed by atoms with Crippen molar-refractivity contribution in [2.45, 2.75) is 60.0 Å². The van der Waals surface area contributed by atoms with Crippen molar-refractivity contribution in [3.05, 3.63) is 28.8 Å². The van der Waals surface area contributed by atoms with Crippen LogP contribution >= 0.6 is 0 Å². The van der Waals surface area contributed by atoms with Crippen LogP contribution in [-0.2, 0) is 6.42 Å². The van der Waals surface area contributed by atoms with E-state index in [4.69, 9.17) is 4.74 Å². The van der Waals surface area contributed by atoms with E-state index >= 15 is 0 Å². The molecule has 0 bridgehead atoms. The van der Waals surface area contributed by atoms with Crippen molar-refractivity contribution in [3.8, 4) is 5.75 Å². The third kappa shape index (κ3) is 2.78. The second kappa shape index (κ2) is 5.38. The standard InChI is InChI=1S/C15H24O/c1-7-13-8-9-14(10(2)3)15(12(13)6)16-11(4)5/h8-11H,7H2,1-6H3. The highest BCUT2D eigenvalue weighted by Gasteiger charge is 2.14. The van der Waals surface area contributed by atoms with E-state index in [1.54, 1.807) is 0 Å². The maximum atomic E-state index is 5.98. The smallest absolute Gasteiger partial charge is 0.126 e. The Bertz CT molecular complexity index is 351. The molecule has 1 nitrogen and oxygen atoms in total. The molecule has 1 aromatic rings. The molecule has 90 valence electrons. The summed E-state index contributed by atoms with van der Waals surface area (Å²) in [7, 11) is 0. The van der Waals surface area contributed by atoms with Crippen LogP contribution < -0.4 is 4.74 Å². The van der Waals surface area contributed by atoms with E-state index in [0.29, 0.717) is 5.92 Å². The average Bonchev–Trinajstić information content (AvgIpc) is 2.19. The molecule has 0 saturated carbocycles. The minimum Gasteiger partial charge on any atom is -0.490 e. The molecule has 0 radical (unpaired) electrons. The Morgan fingerprint density at radius 2 is 1.75 bits per heavy atom. The van der Waals surface area contributed by atoms with Crippen LogP contribution in [0, 0.1) is 6.92 Å². The molecule has 0 aliphatic heterocycles. The molecule has 1 heteroatoms. The SMILES string of the molecule is CCc1ccc(C(C)C)c(OC(C)C)c1C. The molecule has 0 saturated heterocycles. The Hall–Kier alpha value is -0.980. The molecule has 1 rings (SSSR count). The lowest BCUT2D eigenvalue weighted by Gasteiger charge is -2.20. The van der Waals surface area contributed by atoms with Gasteiger partial charge in [0.2, 0.25) is 0 Å². The number of hydrogen-bond donors (Lipinski definition) is 0. The molecule has 1 aromatic carbocycles. The Morgan fingerprint density at radius 3 is 2.19 bits per heavy atom. The quantitative estimate of drug-likeness (QED) is 0.727. The van der Waals surface area contributed by atoms with E-state index in [2.05, 4.69) is 53.7 Å². The molecule has 0 fully saturated rings. The van der Waals surface area contributed by atoms with Crippen LogP contribution in [0.15, 0.2) is 12.1 Å². The Kier molecular flexibility index (Phi) is 4.40. The van der Waals surface area contributed by atoms with E-state index in [1.807, 2.05) is 0 Å². The lowest BCUT2D eigenvalue weighted by atomic mass is 9.95. The Labute approximate surface area is 99.8 Å². The minimum atomic E-state index is 0.239. The van der Waals surface area contributed by atoms with E-state index in [1.165, 1.54) is 16.7 Å². The van der Waals surface area contributed by atoms with Crippen molar-refractivity contribution in [2.75, 3.05) is 0 Å². The number of hydrogen-bond acceptors (Lipinski definition) is 1.